The number of amides is 2. The van der Waals surface area contributed by atoms with Crippen molar-refractivity contribution in [3.05, 3.63) is 28.7 Å². The second-order valence-electron chi connectivity index (χ2n) is 5.61. The normalized spacial score (nSPS) is 13.2. The van der Waals surface area contributed by atoms with Gasteiger partial charge in [-0.1, -0.05) is 5.16 Å². The van der Waals surface area contributed by atoms with Gasteiger partial charge in [-0.25, -0.2) is 4.79 Å². The van der Waals surface area contributed by atoms with Crippen molar-refractivity contribution >= 4 is 6.03 Å². The number of fused-ring (bicyclic) bond motifs is 1. The molecule has 3 rings (SSSR count). The molecule has 0 bridgehead atoms. The minimum Gasteiger partial charge on any atom is -0.361 e. The fraction of sp³-hybridized carbons (Fsp3) is 0.571. The first-order chi connectivity index (χ1) is 10.6. The average molecular weight is 304 g/mol. The molecule has 0 spiro atoms. The summed E-state index contributed by atoms with van der Waals surface area (Å²) < 4.78 is 7.19. The molecule has 8 nitrogen and oxygen atoms in total. The first-order valence-corrected chi connectivity index (χ1v) is 7.38. The lowest BCUT2D eigenvalue weighted by Gasteiger charge is -2.17. The lowest BCUT2D eigenvalue weighted by molar-refractivity contribution is 0.205. The maximum absolute atomic E-state index is 12.2. The Morgan fingerprint density at radius 3 is 2.95 bits per heavy atom. The highest BCUT2D eigenvalue weighted by atomic mass is 16.5. The zero-order valence-electron chi connectivity index (χ0n) is 13.1. The van der Waals surface area contributed by atoms with Crippen LogP contribution in [0.4, 0.5) is 4.79 Å². The second kappa shape index (κ2) is 5.78. The number of nitrogens with zero attached hydrogens (tertiary/aromatic N) is 5. The molecule has 2 aromatic rings. The van der Waals surface area contributed by atoms with E-state index in [-0.39, 0.29) is 6.03 Å². The summed E-state index contributed by atoms with van der Waals surface area (Å²) in [6.07, 6.45) is 2.06. The molecule has 8 heteroatoms. The number of hydrogen-bond donors (Lipinski definition) is 1. The summed E-state index contributed by atoms with van der Waals surface area (Å²) in [5, 5.41) is 15.0. The summed E-state index contributed by atoms with van der Waals surface area (Å²) >= 11 is 0. The average Bonchev–Trinajstić information content (AvgIpc) is 3.17. The van der Waals surface area contributed by atoms with E-state index in [1.807, 2.05) is 13.8 Å². The minimum atomic E-state index is -0.157. The van der Waals surface area contributed by atoms with Gasteiger partial charge in [-0.15, -0.1) is 10.2 Å². The Morgan fingerprint density at radius 2 is 2.23 bits per heavy atom. The molecule has 0 aliphatic carbocycles. The third-order valence-electron chi connectivity index (χ3n) is 4.01. The summed E-state index contributed by atoms with van der Waals surface area (Å²) in [5.74, 6) is 2.56. The highest BCUT2D eigenvalue weighted by molar-refractivity contribution is 5.73. The van der Waals surface area contributed by atoms with Crippen LogP contribution < -0.4 is 5.32 Å². The Hall–Kier alpha value is -2.38. The Balaban J connectivity index is 1.57. The van der Waals surface area contributed by atoms with Gasteiger partial charge in [0.2, 0.25) is 0 Å². The third kappa shape index (κ3) is 2.68. The predicted molar refractivity (Wildman–Crippen MR) is 78.0 cm³/mol. The number of rotatable bonds is 4. The number of urea groups is 1. The van der Waals surface area contributed by atoms with Crippen molar-refractivity contribution in [1.29, 1.82) is 0 Å². The van der Waals surface area contributed by atoms with Gasteiger partial charge in [0.1, 0.15) is 11.6 Å². The van der Waals surface area contributed by atoms with E-state index in [0.717, 1.165) is 48.1 Å². The van der Waals surface area contributed by atoms with Crippen molar-refractivity contribution in [2.75, 3.05) is 7.05 Å². The molecule has 1 aliphatic heterocycles. The molecule has 1 aliphatic rings. The minimum absolute atomic E-state index is 0.157. The van der Waals surface area contributed by atoms with Crippen LogP contribution in [0.5, 0.6) is 0 Å². The second-order valence-corrected chi connectivity index (χ2v) is 5.61. The largest absolute Gasteiger partial charge is 0.361 e. The fourth-order valence-corrected chi connectivity index (χ4v) is 2.67. The maximum atomic E-state index is 12.2. The summed E-state index contributed by atoms with van der Waals surface area (Å²) in [5.41, 5.74) is 1.76. The van der Waals surface area contributed by atoms with Crippen LogP contribution in [-0.2, 0) is 26.1 Å². The van der Waals surface area contributed by atoms with Crippen LogP contribution in [-0.4, -0.2) is 37.9 Å². The molecule has 2 aromatic heterocycles. The number of hydrogen-bond acceptors (Lipinski definition) is 5. The van der Waals surface area contributed by atoms with Crippen LogP contribution in [0.25, 0.3) is 0 Å². The Labute approximate surface area is 128 Å². The van der Waals surface area contributed by atoms with Crippen LogP contribution in [0.1, 0.15) is 35.1 Å². The van der Waals surface area contributed by atoms with Gasteiger partial charge in [-0.2, -0.15) is 0 Å². The number of aryl methyl sites for hydroxylation is 3. The summed E-state index contributed by atoms with van der Waals surface area (Å²) in [4.78, 5) is 13.8. The van der Waals surface area contributed by atoms with E-state index < -0.39 is 0 Å². The first kappa shape index (κ1) is 14.6. The van der Waals surface area contributed by atoms with E-state index in [0.29, 0.717) is 13.1 Å². The van der Waals surface area contributed by atoms with Crippen LogP contribution in [0.15, 0.2) is 4.52 Å². The molecular formula is C14H20N6O2. The molecule has 22 heavy (non-hydrogen) atoms. The molecule has 0 saturated carbocycles. The van der Waals surface area contributed by atoms with Crippen LogP contribution in [0.3, 0.4) is 0 Å². The van der Waals surface area contributed by atoms with Crippen molar-refractivity contribution in [3.8, 4) is 0 Å². The summed E-state index contributed by atoms with van der Waals surface area (Å²) in [6.45, 7) is 5.50. The molecule has 0 saturated heterocycles. The first-order valence-electron chi connectivity index (χ1n) is 7.38. The molecular weight excluding hydrogens is 284 g/mol. The van der Waals surface area contributed by atoms with E-state index >= 15 is 0 Å². The van der Waals surface area contributed by atoms with Crippen molar-refractivity contribution in [2.45, 2.75) is 46.3 Å². The molecule has 0 fully saturated rings. The van der Waals surface area contributed by atoms with Crippen molar-refractivity contribution < 1.29 is 9.32 Å². The van der Waals surface area contributed by atoms with E-state index in [4.69, 9.17) is 4.52 Å². The van der Waals surface area contributed by atoms with E-state index in [9.17, 15) is 4.79 Å². The van der Waals surface area contributed by atoms with Crippen LogP contribution >= 0.6 is 0 Å². The van der Waals surface area contributed by atoms with Crippen molar-refractivity contribution in [1.82, 2.24) is 30.1 Å². The lowest BCUT2D eigenvalue weighted by atomic mass is 10.2. The topological polar surface area (TPSA) is 89.1 Å². The van der Waals surface area contributed by atoms with Crippen LogP contribution in [0.2, 0.25) is 0 Å². The molecule has 3 heterocycles. The Kier molecular flexibility index (Phi) is 3.82. The van der Waals surface area contributed by atoms with E-state index in [1.54, 1.807) is 11.9 Å². The van der Waals surface area contributed by atoms with Gasteiger partial charge in [0.15, 0.2) is 5.82 Å². The number of nitrogens with one attached hydrogen (secondary N) is 1. The monoisotopic (exact) mass is 304 g/mol. The van der Waals surface area contributed by atoms with E-state index in [1.165, 1.54) is 0 Å². The molecule has 0 aromatic carbocycles. The van der Waals surface area contributed by atoms with Gasteiger partial charge < -0.3 is 19.3 Å². The van der Waals surface area contributed by atoms with Gasteiger partial charge in [0.05, 0.1) is 18.8 Å². The highest BCUT2D eigenvalue weighted by Crippen LogP contribution is 2.15. The summed E-state index contributed by atoms with van der Waals surface area (Å²) in [7, 11) is 1.75. The fourth-order valence-electron chi connectivity index (χ4n) is 2.67. The molecule has 0 atom stereocenters. The van der Waals surface area contributed by atoms with Gasteiger partial charge in [-0.3, -0.25) is 0 Å². The highest BCUT2D eigenvalue weighted by Gasteiger charge is 2.19. The third-order valence-corrected chi connectivity index (χ3v) is 4.01. The lowest BCUT2D eigenvalue weighted by Crippen LogP contribution is -2.37. The molecule has 118 valence electrons. The maximum Gasteiger partial charge on any atom is 0.317 e. The van der Waals surface area contributed by atoms with Gasteiger partial charge in [0.25, 0.3) is 0 Å². The Bertz CT molecular complexity index is 670. The van der Waals surface area contributed by atoms with Crippen LogP contribution in [0, 0.1) is 13.8 Å². The summed E-state index contributed by atoms with van der Waals surface area (Å²) in [6, 6.07) is -0.157. The zero-order chi connectivity index (χ0) is 15.7. The van der Waals surface area contributed by atoms with Crippen molar-refractivity contribution in [2.24, 2.45) is 0 Å². The Morgan fingerprint density at radius 1 is 1.41 bits per heavy atom. The number of carbonyl (C=O) groups excluding carboxylic acids is 1. The smallest absolute Gasteiger partial charge is 0.317 e. The standard InChI is InChI=1S/C14H20N6O2/c1-9-11(10(2)22-18-9)8-19(3)14(21)15-7-13-17-16-12-5-4-6-20(12)13/h4-8H2,1-3H3,(H,15,21). The quantitative estimate of drug-likeness (QED) is 0.916. The van der Waals surface area contributed by atoms with E-state index in [2.05, 4.69) is 25.2 Å². The molecule has 0 unspecified atom stereocenters. The molecule has 0 radical (unpaired) electrons. The molecule has 1 N–H and O–H groups in total. The number of carbonyl (C=O) groups is 1. The van der Waals surface area contributed by atoms with Gasteiger partial charge >= 0.3 is 6.03 Å². The number of aromatic nitrogens is 4. The zero-order valence-corrected chi connectivity index (χ0v) is 13.1. The van der Waals surface area contributed by atoms with Crippen molar-refractivity contribution in [3.63, 3.8) is 0 Å². The molecule has 2 amide bonds. The predicted octanol–water partition coefficient (Wildman–Crippen LogP) is 1.17. The van der Waals surface area contributed by atoms with Gasteiger partial charge in [0, 0.05) is 25.6 Å². The SMILES string of the molecule is Cc1noc(C)c1CN(C)C(=O)NCc1nnc2n1CCC2. The van der Waals surface area contributed by atoms with Gasteiger partial charge in [-0.05, 0) is 20.3 Å².